The summed E-state index contributed by atoms with van der Waals surface area (Å²) in [7, 11) is 0. The Hall–Kier alpha value is -2.44. The summed E-state index contributed by atoms with van der Waals surface area (Å²) >= 11 is 4.90. The van der Waals surface area contributed by atoms with Gasteiger partial charge in [-0.25, -0.2) is 4.98 Å². The Balaban J connectivity index is 1.70. The van der Waals surface area contributed by atoms with Crippen molar-refractivity contribution in [3.8, 4) is 17.0 Å². The molecule has 2 N–H and O–H groups in total. The van der Waals surface area contributed by atoms with Crippen molar-refractivity contribution in [1.29, 1.82) is 0 Å². The lowest BCUT2D eigenvalue weighted by molar-refractivity contribution is 0.469. The third-order valence-electron chi connectivity index (χ3n) is 3.52. The van der Waals surface area contributed by atoms with E-state index in [1.807, 2.05) is 47.8 Å². The van der Waals surface area contributed by atoms with Gasteiger partial charge in [-0.3, -0.25) is 5.43 Å². The van der Waals surface area contributed by atoms with Crippen LogP contribution in [0.2, 0.25) is 0 Å². The predicted molar refractivity (Wildman–Crippen MR) is 108 cm³/mol. The van der Waals surface area contributed by atoms with Crippen LogP contribution in [0.1, 0.15) is 11.1 Å². The normalized spacial score (nSPS) is 10.9. The van der Waals surface area contributed by atoms with Crippen molar-refractivity contribution >= 4 is 38.6 Å². The van der Waals surface area contributed by atoms with Crippen LogP contribution in [0.4, 0.5) is 5.13 Å². The lowest BCUT2D eigenvalue weighted by Gasteiger charge is -2.04. The first kappa shape index (κ1) is 17.4. The number of nitrogens with zero attached hydrogens (tertiary/aromatic N) is 2. The zero-order valence-corrected chi connectivity index (χ0v) is 15.7. The van der Waals surface area contributed by atoms with Gasteiger partial charge in [-0.15, -0.1) is 17.9 Å². The van der Waals surface area contributed by atoms with Crippen LogP contribution >= 0.6 is 27.3 Å². The summed E-state index contributed by atoms with van der Waals surface area (Å²) < 4.78 is 1.04. The molecule has 0 amide bonds. The van der Waals surface area contributed by atoms with Gasteiger partial charge in [-0.2, -0.15) is 5.10 Å². The summed E-state index contributed by atoms with van der Waals surface area (Å²) in [6.07, 6.45) is 3.96. The number of allylic oxidation sites excluding steroid dienone is 1. The van der Waals surface area contributed by atoms with E-state index >= 15 is 0 Å². The fraction of sp³-hybridized carbons (Fsp3) is 0.0526. The molecule has 6 heteroatoms. The van der Waals surface area contributed by atoms with Gasteiger partial charge < -0.3 is 5.11 Å². The molecule has 0 fully saturated rings. The molecule has 0 aliphatic carbocycles. The van der Waals surface area contributed by atoms with Crippen molar-refractivity contribution in [2.75, 3.05) is 5.43 Å². The van der Waals surface area contributed by atoms with Crippen LogP contribution in [0.5, 0.6) is 5.75 Å². The maximum atomic E-state index is 10.2. The molecule has 25 heavy (non-hydrogen) atoms. The molecule has 2 aromatic carbocycles. The molecule has 0 unspecified atom stereocenters. The molecule has 0 spiro atoms. The van der Waals surface area contributed by atoms with Gasteiger partial charge in [-0.1, -0.05) is 46.3 Å². The zero-order chi connectivity index (χ0) is 17.6. The maximum absolute atomic E-state index is 10.2. The Morgan fingerprint density at radius 1 is 1.24 bits per heavy atom. The Morgan fingerprint density at radius 3 is 2.80 bits per heavy atom. The Labute approximate surface area is 158 Å². The molecule has 126 valence electrons. The quantitative estimate of drug-likeness (QED) is 0.320. The first-order chi connectivity index (χ1) is 12.2. The number of phenols is 1. The number of para-hydroxylation sites is 1. The summed E-state index contributed by atoms with van der Waals surface area (Å²) in [6, 6.07) is 13.5. The van der Waals surface area contributed by atoms with Gasteiger partial charge in [0.05, 0.1) is 11.9 Å². The van der Waals surface area contributed by atoms with E-state index in [0.717, 1.165) is 21.3 Å². The number of thiazole rings is 1. The number of hydrazone groups is 1. The van der Waals surface area contributed by atoms with E-state index in [-0.39, 0.29) is 5.75 Å². The lowest BCUT2D eigenvalue weighted by atomic mass is 10.1. The molecule has 0 radical (unpaired) electrons. The lowest BCUT2D eigenvalue weighted by Crippen LogP contribution is -1.92. The van der Waals surface area contributed by atoms with E-state index < -0.39 is 0 Å². The monoisotopic (exact) mass is 413 g/mol. The number of phenolic OH excluding ortho intramolecular Hbond substituents is 1. The van der Waals surface area contributed by atoms with Gasteiger partial charge in [0.2, 0.25) is 5.13 Å². The van der Waals surface area contributed by atoms with E-state index in [2.05, 4.69) is 38.0 Å². The first-order valence-electron chi connectivity index (χ1n) is 7.59. The molecule has 0 saturated heterocycles. The highest BCUT2D eigenvalue weighted by atomic mass is 79.9. The minimum atomic E-state index is 0.225. The second kappa shape index (κ2) is 8.09. The van der Waals surface area contributed by atoms with Gasteiger partial charge in [0.15, 0.2) is 0 Å². The summed E-state index contributed by atoms with van der Waals surface area (Å²) in [5, 5.41) is 17.0. The third-order valence-corrected chi connectivity index (χ3v) is 4.80. The number of benzene rings is 2. The van der Waals surface area contributed by atoms with Crippen LogP contribution in [0.15, 0.2) is 70.1 Å². The third kappa shape index (κ3) is 4.35. The summed E-state index contributed by atoms with van der Waals surface area (Å²) in [5.74, 6) is 0.225. The van der Waals surface area contributed by atoms with Crippen LogP contribution in [-0.4, -0.2) is 16.3 Å². The summed E-state index contributed by atoms with van der Waals surface area (Å²) in [5.41, 5.74) is 6.33. The number of hydrogen-bond donors (Lipinski definition) is 2. The van der Waals surface area contributed by atoms with Crippen molar-refractivity contribution in [1.82, 2.24) is 4.98 Å². The average molecular weight is 414 g/mol. The second-order valence-corrected chi connectivity index (χ2v) is 7.04. The summed E-state index contributed by atoms with van der Waals surface area (Å²) in [4.78, 5) is 4.51. The molecule has 0 bridgehead atoms. The second-order valence-electron chi connectivity index (χ2n) is 5.26. The predicted octanol–water partition coefficient (Wildman–Crippen LogP) is 5.45. The van der Waals surface area contributed by atoms with Gasteiger partial charge in [0, 0.05) is 21.0 Å². The van der Waals surface area contributed by atoms with E-state index in [1.165, 1.54) is 11.3 Å². The van der Waals surface area contributed by atoms with Gasteiger partial charge in [-0.05, 0) is 30.2 Å². The van der Waals surface area contributed by atoms with Crippen LogP contribution in [-0.2, 0) is 6.42 Å². The van der Waals surface area contributed by atoms with E-state index in [1.54, 1.807) is 12.3 Å². The maximum Gasteiger partial charge on any atom is 0.203 e. The minimum Gasteiger partial charge on any atom is -0.507 e. The number of aromatic hydroxyl groups is 1. The Kier molecular flexibility index (Phi) is 5.63. The average Bonchev–Trinajstić information content (AvgIpc) is 3.08. The van der Waals surface area contributed by atoms with Crippen LogP contribution in [0, 0.1) is 0 Å². The molecule has 3 rings (SSSR count). The standard InChI is InChI=1S/C19H16BrN3OS/c1-2-4-14-5-3-6-15(18(14)24)11-21-23-19-22-17(12-25-19)13-7-9-16(20)10-8-13/h2-3,5-12,24H,1,4H2,(H,22,23)/b21-11-. The topological polar surface area (TPSA) is 57.5 Å². The van der Waals surface area contributed by atoms with E-state index in [0.29, 0.717) is 17.1 Å². The van der Waals surface area contributed by atoms with Crippen LogP contribution < -0.4 is 5.43 Å². The van der Waals surface area contributed by atoms with Crippen molar-refractivity contribution < 1.29 is 5.11 Å². The number of hydrogen-bond acceptors (Lipinski definition) is 5. The number of aromatic nitrogens is 1. The molecule has 1 heterocycles. The van der Waals surface area contributed by atoms with Crippen molar-refractivity contribution in [2.45, 2.75) is 6.42 Å². The van der Waals surface area contributed by atoms with Gasteiger partial charge in [0.25, 0.3) is 0 Å². The van der Waals surface area contributed by atoms with Crippen molar-refractivity contribution in [3.05, 3.63) is 76.1 Å². The fourth-order valence-electron chi connectivity index (χ4n) is 2.27. The number of rotatable bonds is 6. The van der Waals surface area contributed by atoms with Gasteiger partial charge >= 0.3 is 0 Å². The van der Waals surface area contributed by atoms with Crippen molar-refractivity contribution in [3.63, 3.8) is 0 Å². The van der Waals surface area contributed by atoms with E-state index in [4.69, 9.17) is 0 Å². The SMILES string of the molecule is C=CCc1cccc(/C=N\Nc2nc(-c3ccc(Br)cc3)cs2)c1O. The van der Waals surface area contributed by atoms with Crippen LogP contribution in [0.25, 0.3) is 11.3 Å². The fourth-order valence-corrected chi connectivity index (χ4v) is 3.20. The Morgan fingerprint density at radius 2 is 2.04 bits per heavy atom. The molecule has 0 aliphatic heterocycles. The number of halogens is 1. The van der Waals surface area contributed by atoms with Crippen LogP contribution in [0.3, 0.4) is 0 Å². The Bertz CT molecular complexity index is 903. The molecule has 3 aromatic rings. The smallest absolute Gasteiger partial charge is 0.203 e. The van der Waals surface area contributed by atoms with Crippen molar-refractivity contribution in [2.24, 2.45) is 5.10 Å². The molecule has 0 saturated carbocycles. The molecule has 0 atom stereocenters. The number of nitrogens with one attached hydrogen (secondary N) is 1. The molecular formula is C19H16BrN3OS. The zero-order valence-electron chi connectivity index (χ0n) is 13.3. The highest BCUT2D eigenvalue weighted by molar-refractivity contribution is 9.10. The number of anilines is 1. The molecular weight excluding hydrogens is 398 g/mol. The van der Waals surface area contributed by atoms with E-state index in [9.17, 15) is 5.11 Å². The first-order valence-corrected chi connectivity index (χ1v) is 9.27. The largest absolute Gasteiger partial charge is 0.507 e. The molecule has 0 aliphatic rings. The highest BCUT2D eigenvalue weighted by Gasteiger charge is 2.05. The summed E-state index contributed by atoms with van der Waals surface area (Å²) in [6.45, 7) is 3.69. The molecule has 4 nitrogen and oxygen atoms in total. The molecule has 1 aromatic heterocycles. The minimum absolute atomic E-state index is 0.225. The van der Waals surface area contributed by atoms with Gasteiger partial charge in [0.1, 0.15) is 5.75 Å². The highest BCUT2D eigenvalue weighted by Crippen LogP contribution is 2.26.